The van der Waals surface area contributed by atoms with Gasteiger partial charge in [0.05, 0.1) is 12.4 Å². The van der Waals surface area contributed by atoms with Gasteiger partial charge in [0.25, 0.3) is 11.9 Å². The summed E-state index contributed by atoms with van der Waals surface area (Å²) >= 11 is 0. The van der Waals surface area contributed by atoms with E-state index >= 15 is 0 Å². The molecule has 0 spiro atoms. The quantitative estimate of drug-likeness (QED) is 0.813. The zero-order valence-corrected chi connectivity index (χ0v) is 15.1. The van der Waals surface area contributed by atoms with E-state index in [9.17, 15) is 13.6 Å². The van der Waals surface area contributed by atoms with E-state index < -0.39 is 24.1 Å². The predicted molar refractivity (Wildman–Crippen MR) is 96.8 cm³/mol. The van der Waals surface area contributed by atoms with Gasteiger partial charge in [-0.25, -0.2) is 23.7 Å². The van der Waals surface area contributed by atoms with Crippen molar-refractivity contribution in [3.63, 3.8) is 0 Å². The van der Waals surface area contributed by atoms with Crippen LogP contribution in [0, 0.1) is 5.82 Å². The van der Waals surface area contributed by atoms with Crippen molar-refractivity contribution in [1.82, 2.24) is 9.97 Å². The lowest BCUT2D eigenvalue weighted by molar-refractivity contribution is 0.102. The molecule has 28 heavy (non-hydrogen) atoms. The summed E-state index contributed by atoms with van der Waals surface area (Å²) in [5, 5.41) is 2.60. The number of amides is 1. The molecule has 8 nitrogen and oxygen atoms in total. The number of nitrogens with two attached hydrogens (primary N) is 1. The highest BCUT2D eigenvalue weighted by Crippen LogP contribution is 2.34. The largest absolute Gasteiger partial charge is 0.445 e. The second-order valence-electron chi connectivity index (χ2n) is 6.10. The molecular formula is C18H17F2N5O3. The zero-order chi connectivity index (χ0) is 20.3. The molecule has 0 unspecified atom stereocenters. The van der Waals surface area contributed by atoms with Crippen molar-refractivity contribution in [3.05, 3.63) is 59.5 Å². The normalized spacial score (nSPS) is 18.6. The maximum atomic E-state index is 14.5. The highest BCUT2D eigenvalue weighted by molar-refractivity contribution is 6.02. The molecule has 0 bridgehead atoms. The van der Waals surface area contributed by atoms with Gasteiger partial charge in [-0.3, -0.25) is 4.79 Å². The maximum Gasteiger partial charge on any atom is 0.288 e. The van der Waals surface area contributed by atoms with Gasteiger partial charge in [-0.2, -0.15) is 0 Å². The molecule has 0 saturated heterocycles. The first-order chi connectivity index (χ1) is 13.3. The van der Waals surface area contributed by atoms with E-state index in [0.717, 1.165) is 12.4 Å². The molecule has 2 heterocycles. The summed E-state index contributed by atoms with van der Waals surface area (Å²) in [4.78, 5) is 24.1. The molecule has 1 amide bonds. The van der Waals surface area contributed by atoms with Gasteiger partial charge in [0.1, 0.15) is 22.8 Å². The van der Waals surface area contributed by atoms with Crippen molar-refractivity contribution >= 4 is 17.6 Å². The maximum absolute atomic E-state index is 14.5. The van der Waals surface area contributed by atoms with Crippen LogP contribution < -0.4 is 15.8 Å². The zero-order valence-electron chi connectivity index (χ0n) is 15.1. The molecule has 1 aliphatic rings. The van der Waals surface area contributed by atoms with Gasteiger partial charge in [-0.15, -0.1) is 0 Å². The van der Waals surface area contributed by atoms with Gasteiger partial charge in [0.2, 0.25) is 12.7 Å². The number of halogens is 2. The standard InChI is InChI=1S/C18H17F2N5O3/c1-10-6-18(2,25-17(21)28-10)12-5-11(3-4-13(12)20)24-16(26)14-7-23-15(8-22-14)27-9-19/h3-8H,9H2,1-2H3,(H2,21,25)(H,24,26)/t18-/m0/s1. The van der Waals surface area contributed by atoms with Crippen molar-refractivity contribution in [2.75, 3.05) is 12.2 Å². The Morgan fingerprint density at radius 1 is 1.36 bits per heavy atom. The number of allylic oxidation sites excluding steroid dienone is 1. The van der Waals surface area contributed by atoms with E-state index in [1.165, 1.54) is 18.2 Å². The Balaban J connectivity index is 1.85. The van der Waals surface area contributed by atoms with Gasteiger partial charge in [0, 0.05) is 11.3 Å². The van der Waals surface area contributed by atoms with Gasteiger partial charge in [0.15, 0.2) is 0 Å². The minimum absolute atomic E-state index is 0.0210. The fourth-order valence-electron chi connectivity index (χ4n) is 2.76. The van der Waals surface area contributed by atoms with Crippen molar-refractivity contribution in [3.8, 4) is 5.88 Å². The lowest BCUT2D eigenvalue weighted by Crippen LogP contribution is -2.30. The number of anilines is 1. The number of carbonyl (C=O) groups is 1. The van der Waals surface area contributed by atoms with Gasteiger partial charge < -0.3 is 20.5 Å². The van der Waals surface area contributed by atoms with Crippen molar-refractivity contribution < 1.29 is 23.0 Å². The number of amidine groups is 1. The van der Waals surface area contributed by atoms with Crippen LogP contribution in [0.1, 0.15) is 29.9 Å². The highest BCUT2D eigenvalue weighted by atomic mass is 19.1. The SMILES string of the molecule is CC1=C[C@@](C)(c2cc(NC(=O)c3cnc(OCF)cn3)ccc2F)N=C(N)O1. The van der Waals surface area contributed by atoms with E-state index in [1.54, 1.807) is 19.9 Å². The van der Waals surface area contributed by atoms with Crippen LogP contribution in [0.4, 0.5) is 14.5 Å². The summed E-state index contributed by atoms with van der Waals surface area (Å²) in [6.07, 6.45) is 3.89. The average molecular weight is 389 g/mol. The lowest BCUT2D eigenvalue weighted by atomic mass is 9.90. The van der Waals surface area contributed by atoms with E-state index in [1.807, 2.05) is 0 Å². The van der Waals surface area contributed by atoms with E-state index in [4.69, 9.17) is 10.5 Å². The molecule has 2 aromatic rings. The molecule has 0 saturated carbocycles. The van der Waals surface area contributed by atoms with Crippen LogP contribution in [-0.2, 0) is 10.3 Å². The van der Waals surface area contributed by atoms with Crippen LogP contribution in [0.15, 0.2) is 47.4 Å². The molecule has 1 atom stereocenters. The summed E-state index contributed by atoms with van der Waals surface area (Å²) in [7, 11) is 0. The third kappa shape index (κ3) is 4.05. The Labute approximate surface area is 159 Å². The first kappa shape index (κ1) is 19.2. The Hall–Kier alpha value is -3.56. The van der Waals surface area contributed by atoms with Crippen molar-refractivity contribution in [2.24, 2.45) is 10.7 Å². The number of nitrogens with zero attached hydrogens (tertiary/aromatic N) is 3. The van der Waals surface area contributed by atoms with Crippen LogP contribution in [0.2, 0.25) is 0 Å². The predicted octanol–water partition coefficient (Wildman–Crippen LogP) is 2.64. The number of hydrogen-bond acceptors (Lipinski definition) is 7. The minimum atomic E-state index is -1.09. The molecule has 0 radical (unpaired) electrons. The summed E-state index contributed by atoms with van der Waals surface area (Å²) in [5.74, 6) is -0.665. The molecule has 0 fully saturated rings. The van der Waals surface area contributed by atoms with Crippen LogP contribution in [0.25, 0.3) is 0 Å². The Bertz CT molecular complexity index is 942. The molecular weight excluding hydrogens is 372 g/mol. The second kappa shape index (κ2) is 7.59. The molecule has 0 aliphatic carbocycles. The van der Waals surface area contributed by atoms with Crippen LogP contribution >= 0.6 is 0 Å². The van der Waals surface area contributed by atoms with Crippen LogP contribution in [0.3, 0.4) is 0 Å². The van der Waals surface area contributed by atoms with E-state index in [0.29, 0.717) is 11.4 Å². The number of carbonyl (C=O) groups excluding carboxylic acids is 1. The first-order valence-corrected chi connectivity index (χ1v) is 8.15. The highest BCUT2D eigenvalue weighted by Gasteiger charge is 2.31. The fourth-order valence-corrected chi connectivity index (χ4v) is 2.76. The molecule has 1 aromatic carbocycles. The average Bonchev–Trinajstić information content (AvgIpc) is 2.63. The van der Waals surface area contributed by atoms with Gasteiger partial charge in [-0.1, -0.05) is 0 Å². The van der Waals surface area contributed by atoms with Crippen LogP contribution in [0.5, 0.6) is 5.88 Å². The topological polar surface area (TPSA) is 112 Å². The smallest absolute Gasteiger partial charge is 0.288 e. The van der Waals surface area contributed by atoms with Crippen molar-refractivity contribution in [2.45, 2.75) is 19.4 Å². The molecule has 10 heteroatoms. The molecule has 3 rings (SSSR count). The Morgan fingerprint density at radius 2 is 2.14 bits per heavy atom. The number of aromatic nitrogens is 2. The summed E-state index contributed by atoms with van der Waals surface area (Å²) < 4.78 is 36.3. The molecule has 146 valence electrons. The number of nitrogens with one attached hydrogen (secondary N) is 1. The number of hydrogen-bond donors (Lipinski definition) is 2. The van der Waals surface area contributed by atoms with E-state index in [2.05, 4.69) is 25.0 Å². The number of ether oxygens (including phenoxy) is 2. The Morgan fingerprint density at radius 3 is 2.79 bits per heavy atom. The third-order valence-electron chi connectivity index (χ3n) is 3.93. The second-order valence-corrected chi connectivity index (χ2v) is 6.10. The lowest BCUT2D eigenvalue weighted by Gasteiger charge is -2.27. The minimum Gasteiger partial charge on any atom is -0.445 e. The fraction of sp³-hybridized carbons (Fsp3) is 0.222. The summed E-state index contributed by atoms with van der Waals surface area (Å²) in [6.45, 7) is 2.30. The number of aliphatic imine (C=N–C) groups is 1. The summed E-state index contributed by atoms with van der Waals surface area (Å²) in [5.41, 5.74) is 5.07. The van der Waals surface area contributed by atoms with Gasteiger partial charge >= 0.3 is 0 Å². The van der Waals surface area contributed by atoms with Gasteiger partial charge in [-0.05, 0) is 38.1 Å². The molecule has 1 aromatic heterocycles. The van der Waals surface area contributed by atoms with Crippen molar-refractivity contribution in [1.29, 1.82) is 0 Å². The monoisotopic (exact) mass is 389 g/mol. The molecule has 1 aliphatic heterocycles. The number of alkyl halides is 1. The van der Waals surface area contributed by atoms with Crippen LogP contribution in [-0.4, -0.2) is 28.8 Å². The third-order valence-corrected chi connectivity index (χ3v) is 3.93. The molecule has 3 N–H and O–H groups in total. The number of benzene rings is 1. The van der Waals surface area contributed by atoms with E-state index in [-0.39, 0.29) is 23.2 Å². The number of rotatable bonds is 5. The first-order valence-electron chi connectivity index (χ1n) is 8.15. The Kier molecular flexibility index (Phi) is 5.21. The summed E-state index contributed by atoms with van der Waals surface area (Å²) in [6, 6.07) is 3.98.